The Morgan fingerprint density at radius 2 is 1.76 bits per heavy atom. The lowest BCUT2D eigenvalue weighted by Gasteiger charge is -2.05. The van der Waals surface area contributed by atoms with Gasteiger partial charge in [-0.2, -0.15) is 0 Å². The van der Waals surface area contributed by atoms with Crippen molar-refractivity contribution in [2.45, 2.75) is 39.5 Å². The van der Waals surface area contributed by atoms with Crippen LogP contribution in [-0.4, -0.2) is 24.5 Å². The lowest BCUT2D eigenvalue weighted by Crippen LogP contribution is -2.11. The Labute approximate surface area is 124 Å². The van der Waals surface area contributed by atoms with Crippen molar-refractivity contribution in [3.05, 3.63) is 35.4 Å². The standard InChI is InChI=1S/C16H20O5/c1-3-5-13-7-9-14(10-8-13)16(19)20-11-4-6-15(18)21-12(2)17/h7-10H,3-6,11H2,1-2H3. The zero-order chi connectivity index (χ0) is 15.7. The van der Waals surface area contributed by atoms with Crippen molar-refractivity contribution in [2.75, 3.05) is 6.61 Å². The third-order valence-corrected chi connectivity index (χ3v) is 2.74. The van der Waals surface area contributed by atoms with Gasteiger partial charge >= 0.3 is 17.9 Å². The minimum atomic E-state index is -0.635. The number of esters is 3. The summed E-state index contributed by atoms with van der Waals surface area (Å²) in [6.07, 6.45) is 2.40. The van der Waals surface area contributed by atoms with E-state index in [9.17, 15) is 14.4 Å². The third-order valence-electron chi connectivity index (χ3n) is 2.74. The Morgan fingerprint density at radius 1 is 1.10 bits per heavy atom. The van der Waals surface area contributed by atoms with Crippen LogP contribution in [0.3, 0.4) is 0 Å². The van der Waals surface area contributed by atoms with Gasteiger partial charge < -0.3 is 9.47 Å². The van der Waals surface area contributed by atoms with Crippen molar-refractivity contribution in [1.82, 2.24) is 0 Å². The fourth-order valence-electron chi connectivity index (χ4n) is 1.77. The first-order chi connectivity index (χ1) is 10.0. The van der Waals surface area contributed by atoms with Gasteiger partial charge in [0.25, 0.3) is 0 Å². The van der Waals surface area contributed by atoms with Gasteiger partial charge in [0.2, 0.25) is 0 Å². The quantitative estimate of drug-likeness (QED) is 0.439. The summed E-state index contributed by atoms with van der Waals surface area (Å²) < 4.78 is 9.41. The smallest absolute Gasteiger partial charge is 0.338 e. The largest absolute Gasteiger partial charge is 0.462 e. The van der Waals surface area contributed by atoms with E-state index >= 15 is 0 Å². The molecule has 1 aromatic carbocycles. The van der Waals surface area contributed by atoms with Crippen LogP contribution in [0, 0.1) is 0 Å². The summed E-state index contributed by atoms with van der Waals surface area (Å²) in [4.78, 5) is 33.4. The predicted molar refractivity (Wildman–Crippen MR) is 76.7 cm³/mol. The van der Waals surface area contributed by atoms with E-state index in [0.29, 0.717) is 12.0 Å². The molecule has 0 N–H and O–H groups in total. The molecule has 0 aliphatic heterocycles. The molecule has 5 heteroatoms. The fourth-order valence-corrected chi connectivity index (χ4v) is 1.77. The topological polar surface area (TPSA) is 69.7 Å². The predicted octanol–water partition coefficient (Wildman–Crippen LogP) is 2.67. The van der Waals surface area contributed by atoms with Gasteiger partial charge in [-0.3, -0.25) is 9.59 Å². The van der Waals surface area contributed by atoms with E-state index in [1.165, 1.54) is 12.5 Å². The van der Waals surface area contributed by atoms with Gasteiger partial charge in [-0.05, 0) is 30.5 Å². The van der Waals surface area contributed by atoms with Crippen molar-refractivity contribution in [3.8, 4) is 0 Å². The Bertz CT molecular complexity index is 490. The molecule has 1 aromatic rings. The minimum Gasteiger partial charge on any atom is -0.462 e. The Kier molecular flexibility index (Phi) is 7.15. The SMILES string of the molecule is CCCc1ccc(C(=O)OCCCC(=O)OC(C)=O)cc1. The molecule has 0 unspecified atom stereocenters. The molecule has 0 aliphatic carbocycles. The molecule has 0 fully saturated rings. The maximum Gasteiger partial charge on any atom is 0.338 e. The zero-order valence-electron chi connectivity index (χ0n) is 12.4. The van der Waals surface area contributed by atoms with Crippen molar-refractivity contribution in [1.29, 1.82) is 0 Å². The van der Waals surface area contributed by atoms with Crippen molar-refractivity contribution in [3.63, 3.8) is 0 Å². The average Bonchev–Trinajstić information content (AvgIpc) is 2.44. The van der Waals surface area contributed by atoms with Gasteiger partial charge in [-0.1, -0.05) is 25.5 Å². The molecule has 0 saturated carbocycles. The van der Waals surface area contributed by atoms with Crippen LogP contribution in [0.1, 0.15) is 49.0 Å². The summed E-state index contributed by atoms with van der Waals surface area (Å²) in [6, 6.07) is 7.28. The summed E-state index contributed by atoms with van der Waals surface area (Å²) in [5, 5.41) is 0. The fraction of sp³-hybridized carbons (Fsp3) is 0.438. The molecule has 21 heavy (non-hydrogen) atoms. The van der Waals surface area contributed by atoms with Gasteiger partial charge in [0.05, 0.1) is 12.2 Å². The van der Waals surface area contributed by atoms with Crippen molar-refractivity contribution >= 4 is 17.9 Å². The highest BCUT2D eigenvalue weighted by Crippen LogP contribution is 2.08. The lowest BCUT2D eigenvalue weighted by molar-refractivity contribution is -0.158. The lowest BCUT2D eigenvalue weighted by atomic mass is 10.1. The summed E-state index contributed by atoms with van der Waals surface area (Å²) in [6.45, 7) is 3.38. The molecule has 1 rings (SSSR count). The van der Waals surface area contributed by atoms with Gasteiger partial charge in [0.1, 0.15) is 0 Å². The van der Waals surface area contributed by atoms with Crippen molar-refractivity contribution < 1.29 is 23.9 Å². The molecule has 0 radical (unpaired) electrons. The number of hydrogen-bond acceptors (Lipinski definition) is 5. The molecule has 0 bridgehead atoms. The number of carbonyl (C=O) groups is 3. The number of carbonyl (C=O) groups excluding carboxylic acids is 3. The van der Waals surface area contributed by atoms with Gasteiger partial charge in [0.15, 0.2) is 0 Å². The van der Waals surface area contributed by atoms with E-state index in [0.717, 1.165) is 12.8 Å². The average molecular weight is 292 g/mol. The maximum atomic E-state index is 11.7. The molecule has 0 spiro atoms. The summed E-state index contributed by atoms with van der Waals surface area (Å²) in [7, 11) is 0. The summed E-state index contributed by atoms with van der Waals surface area (Å²) in [5.74, 6) is -1.66. The van der Waals surface area contributed by atoms with Crippen LogP contribution < -0.4 is 0 Å². The number of rotatable bonds is 7. The van der Waals surface area contributed by atoms with Crippen LogP contribution in [0.2, 0.25) is 0 Å². The number of aryl methyl sites for hydroxylation is 1. The van der Waals surface area contributed by atoms with E-state index in [1.807, 2.05) is 12.1 Å². The first kappa shape index (κ1) is 16.9. The highest BCUT2D eigenvalue weighted by Gasteiger charge is 2.09. The molecule has 114 valence electrons. The van der Waals surface area contributed by atoms with Crippen LogP contribution in [0.25, 0.3) is 0 Å². The molecule has 0 heterocycles. The van der Waals surface area contributed by atoms with Crippen molar-refractivity contribution in [2.24, 2.45) is 0 Å². The number of benzene rings is 1. The highest BCUT2D eigenvalue weighted by molar-refractivity contribution is 5.89. The Balaban J connectivity index is 2.30. The highest BCUT2D eigenvalue weighted by atomic mass is 16.6. The first-order valence-electron chi connectivity index (χ1n) is 7.00. The van der Waals surface area contributed by atoms with Crippen LogP contribution in [-0.2, 0) is 25.5 Å². The molecule has 0 aromatic heterocycles. The summed E-state index contributed by atoms with van der Waals surface area (Å²) in [5.41, 5.74) is 1.67. The molecule has 0 aliphatic rings. The van der Waals surface area contributed by atoms with E-state index < -0.39 is 17.9 Å². The van der Waals surface area contributed by atoms with Gasteiger partial charge in [0, 0.05) is 13.3 Å². The second-order valence-electron chi connectivity index (χ2n) is 4.65. The van der Waals surface area contributed by atoms with E-state index in [-0.39, 0.29) is 13.0 Å². The Morgan fingerprint density at radius 3 is 2.33 bits per heavy atom. The summed E-state index contributed by atoms with van der Waals surface area (Å²) >= 11 is 0. The van der Waals surface area contributed by atoms with Crippen LogP contribution in [0.5, 0.6) is 0 Å². The molecule has 0 atom stereocenters. The Hall–Kier alpha value is -2.17. The normalized spacial score (nSPS) is 10.0. The second-order valence-corrected chi connectivity index (χ2v) is 4.65. The van der Waals surface area contributed by atoms with Gasteiger partial charge in [-0.15, -0.1) is 0 Å². The molecule has 0 amide bonds. The number of ether oxygens (including phenoxy) is 2. The van der Waals surface area contributed by atoms with Crippen LogP contribution >= 0.6 is 0 Å². The molecule has 5 nitrogen and oxygen atoms in total. The molecule has 0 saturated heterocycles. The second kappa shape index (κ2) is 8.89. The van der Waals surface area contributed by atoms with E-state index in [1.54, 1.807) is 12.1 Å². The zero-order valence-corrected chi connectivity index (χ0v) is 12.4. The molecular formula is C16H20O5. The maximum absolute atomic E-state index is 11.7. The minimum absolute atomic E-state index is 0.0439. The van der Waals surface area contributed by atoms with Gasteiger partial charge in [-0.25, -0.2) is 4.79 Å². The van der Waals surface area contributed by atoms with Crippen LogP contribution in [0.15, 0.2) is 24.3 Å². The van der Waals surface area contributed by atoms with E-state index in [2.05, 4.69) is 11.7 Å². The van der Waals surface area contributed by atoms with E-state index in [4.69, 9.17) is 4.74 Å². The van der Waals surface area contributed by atoms with Crippen LogP contribution in [0.4, 0.5) is 0 Å². The number of hydrogen-bond donors (Lipinski definition) is 0. The monoisotopic (exact) mass is 292 g/mol. The third kappa shape index (κ3) is 6.70. The first-order valence-corrected chi connectivity index (χ1v) is 7.00. The molecular weight excluding hydrogens is 272 g/mol.